The molecular formula is C34H58O4SSi2. The highest BCUT2D eigenvalue weighted by Crippen LogP contribution is 2.56. The predicted molar refractivity (Wildman–Crippen MR) is 180 cm³/mol. The van der Waals surface area contributed by atoms with Gasteiger partial charge in [0.05, 0.1) is 12.2 Å². The van der Waals surface area contributed by atoms with Crippen LogP contribution in [0.1, 0.15) is 93.9 Å². The molecule has 0 N–H and O–H groups in total. The number of hydrogen-bond donors (Lipinski definition) is 0. The van der Waals surface area contributed by atoms with E-state index >= 15 is 0 Å². The predicted octanol–water partition coefficient (Wildman–Crippen LogP) is 9.65. The average Bonchev–Trinajstić information content (AvgIpc) is 3.06. The van der Waals surface area contributed by atoms with Gasteiger partial charge in [0.25, 0.3) is 0 Å². The van der Waals surface area contributed by atoms with Crippen molar-refractivity contribution in [1.82, 2.24) is 0 Å². The summed E-state index contributed by atoms with van der Waals surface area (Å²) >= 11 is 1.31. The fourth-order valence-corrected chi connectivity index (χ4v) is 10.0. The van der Waals surface area contributed by atoms with Crippen LogP contribution < -0.4 is 0 Å². The summed E-state index contributed by atoms with van der Waals surface area (Å²) < 4.78 is 14.0. The molecule has 0 bridgehead atoms. The molecule has 3 unspecified atom stereocenters. The summed E-state index contributed by atoms with van der Waals surface area (Å²) in [5, 5.41) is 0.355. The molecule has 3 fully saturated rings. The molecule has 0 radical (unpaired) electrons. The van der Waals surface area contributed by atoms with Crippen molar-refractivity contribution in [3.63, 3.8) is 0 Å². The molecule has 0 spiro atoms. The molecule has 0 heterocycles. The molecule has 0 aromatic rings. The van der Waals surface area contributed by atoms with Crippen molar-refractivity contribution in [3.8, 4) is 0 Å². The molecule has 3 aliphatic rings. The maximum absolute atomic E-state index is 13.2. The molecule has 41 heavy (non-hydrogen) atoms. The van der Waals surface area contributed by atoms with Crippen LogP contribution in [0.2, 0.25) is 36.3 Å². The van der Waals surface area contributed by atoms with Crippen molar-refractivity contribution < 1.29 is 18.4 Å². The van der Waals surface area contributed by atoms with Crippen molar-refractivity contribution in [3.05, 3.63) is 35.5 Å². The molecule has 3 aliphatic carbocycles. The first-order chi connectivity index (χ1) is 18.6. The van der Waals surface area contributed by atoms with E-state index in [0.29, 0.717) is 18.0 Å². The third-order valence-electron chi connectivity index (χ3n) is 11.2. The van der Waals surface area contributed by atoms with Crippen molar-refractivity contribution in [2.24, 2.45) is 17.3 Å². The van der Waals surface area contributed by atoms with Gasteiger partial charge >= 0.3 is 0 Å². The quantitative estimate of drug-likeness (QED) is 0.266. The molecule has 3 saturated carbocycles. The zero-order valence-corrected chi connectivity index (χ0v) is 31.0. The minimum Gasteiger partial charge on any atom is -0.413 e. The summed E-state index contributed by atoms with van der Waals surface area (Å²) in [5.74, 6) is 1.17. The minimum absolute atomic E-state index is 0.0351. The number of allylic oxidation sites excluding steroid dienone is 3. The average molecular weight is 619 g/mol. The maximum Gasteiger partial charge on any atom is 0.192 e. The van der Waals surface area contributed by atoms with Crippen LogP contribution >= 0.6 is 11.8 Å². The summed E-state index contributed by atoms with van der Waals surface area (Å²) in [7, 11) is -3.98. The van der Waals surface area contributed by atoms with E-state index in [-0.39, 0.29) is 44.7 Å². The van der Waals surface area contributed by atoms with Gasteiger partial charge in [-0.05, 0) is 84.4 Å². The molecule has 0 aliphatic heterocycles. The number of hydrogen-bond acceptors (Lipinski definition) is 5. The molecule has 0 aromatic carbocycles. The van der Waals surface area contributed by atoms with Crippen molar-refractivity contribution in [1.29, 1.82) is 0 Å². The summed E-state index contributed by atoms with van der Waals surface area (Å²) in [6, 6.07) is 0. The lowest BCUT2D eigenvalue weighted by atomic mass is 9.64. The van der Waals surface area contributed by atoms with Crippen LogP contribution in [-0.2, 0) is 18.4 Å². The molecule has 0 aromatic heterocycles. The monoisotopic (exact) mass is 618 g/mol. The van der Waals surface area contributed by atoms with Gasteiger partial charge in [-0.1, -0.05) is 84.5 Å². The van der Waals surface area contributed by atoms with Crippen LogP contribution in [0, 0.1) is 17.3 Å². The summed E-state index contributed by atoms with van der Waals surface area (Å²) in [5.41, 5.74) is 3.65. The van der Waals surface area contributed by atoms with E-state index < -0.39 is 16.6 Å². The van der Waals surface area contributed by atoms with E-state index in [1.165, 1.54) is 22.9 Å². The smallest absolute Gasteiger partial charge is 0.192 e. The first-order valence-electron chi connectivity index (χ1n) is 15.7. The van der Waals surface area contributed by atoms with Gasteiger partial charge in [-0.2, -0.15) is 0 Å². The topological polar surface area (TPSA) is 52.6 Å². The second-order valence-electron chi connectivity index (χ2n) is 16.2. The Kier molecular flexibility index (Phi) is 10.5. The van der Waals surface area contributed by atoms with Gasteiger partial charge < -0.3 is 8.85 Å². The summed E-state index contributed by atoms with van der Waals surface area (Å²) in [6.07, 6.45) is 10.2. The zero-order chi connectivity index (χ0) is 31.2. The highest BCUT2D eigenvalue weighted by Gasteiger charge is 2.53. The standard InChI is InChI=1S/C34H58O4SSi2/c1-23-26(17-16-25-15-14-18-34(9)28(25)21-30(36)29(34)22-39-24(2)35)19-27(37-40(10,11)32(3,4)5)20-31(23)38-41(12,13)33(6,7)8/h16-17,27-29,31H,1,14-15,18-22H2,2-13H3/t27?,28-,29?,31?,34-/m0/s1. The third-order valence-corrected chi connectivity index (χ3v) is 21.1. The van der Waals surface area contributed by atoms with E-state index in [0.717, 1.165) is 37.7 Å². The van der Waals surface area contributed by atoms with E-state index in [9.17, 15) is 9.59 Å². The minimum atomic E-state index is -2.01. The normalized spacial score (nSPS) is 32.1. The highest BCUT2D eigenvalue weighted by molar-refractivity contribution is 8.13. The Morgan fingerprint density at radius 3 is 2.17 bits per heavy atom. The molecular weight excluding hydrogens is 561 g/mol. The Hall–Kier alpha value is -0.736. The fraction of sp³-hybridized carbons (Fsp3) is 0.765. The Morgan fingerprint density at radius 2 is 1.61 bits per heavy atom. The lowest BCUT2D eigenvalue weighted by molar-refractivity contribution is -0.121. The van der Waals surface area contributed by atoms with Crippen LogP contribution in [0.4, 0.5) is 0 Å². The maximum atomic E-state index is 13.2. The van der Waals surface area contributed by atoms with Crippen molar-refractivity contribution in [2.75, 3.05) is 5.75 Å². The van der Waals surface area contributed by atoms with Gasteiger partial charge in [0.15, 0.2) is 21.8 Å². The van der Waals surface area contributed by atoms with Crippen molar-refractivity contribution in [2.45, 2.75) is 142 Å². The molecule has 5 atom stereocenters. The van der Waals surface area contributed by atoms with E-state index in [1.54, 1.807) is 6.92 Å². The molecule has 7 heteroatoms. The SMILES string of the molecule is C=C1C(=CC=C2CCC[C@]3(C)C(CSC(C)=O)C(=O)C[C@@H]23)CC(O[Si](C)(C)C(C)(C)C)CC1O[Si](C)(C)C(C)(C)C. The van der Waals surface area contributed by atoms with E-state index in [2.05, 4.69) is 93.4 Å². The number of Topliss-reactive ketones (excluding diaryl/α,β-unsaturated/α-hetero) is 1. The largest absolute Gasteiger partial charge is 0.413 e. The van der Waals surface area contributed by atoms with Crippen LogP contribution in [-0.4, -0.2) is 45.5 Å². The van der Waals surface area contributed by atoms with Gasteiger partial charge in [0.2, 0.25) is 0 Å². The second kappa shape index (κ2) is 12.3. The number of carbonyl (C=O) groups is 2. The Morgan fingerprint density at radius 1 is 1.02 bits per heavy atom. The van der Waals surface area contributed by atoms with Crippen LogP contribution in [0.3, 0.4) is 0 Å². The number of thioether (sulfide) groups is 1. The molecule has 0 amide bonds. The fourth-order valence-electron chi connectivity index (χ4n) is 6.39. The number of fused-ring (bicyclic) bond motifs is 1. The number of ketones is 1. The third kappa shape index (κ3) is 7.68. The van der Waals surface area contributed by atoms with Gasteiger partial charge in [-0.3, -0.25) is 9.59 Å². The Bertz CT molecular complexity index is 1090. The number of carbonyl (C=O) groups excluding carboxylic acids is 2. The molecule has 4 nitrogen and oxygen atoms in total. The number of rotatable bonds is 7. The zero-order valence-electron chi connectivity index (χ0n) is 28.2. The second-order valence-corrected chi connectivity index (χ2v) is 26.9. The molecule has 232 valence electrons. The lowest BCUT2D eigenvalue weighted by Gasteiger charge is -2.45. The lowest BCUT2D eigenvalue weighted by Crippen LogP contribution is -2.49. The van der Waals surface area contributed by atoms with Gasteiger partial charge in [0, 0.05) is 31.4 Å². The van der Waals surface area contributed by atoms with E-state index in [4.69, 9.17) is 8.85 Å². The van der Waals surface area contributed by atoms with Gasteiger partial charge in [-0.25, -0.2) is 0 Å². The highest BCUT2D eigenvalue weighted by atomic mass is 32.2. The summed E-state index contributed by atoms with van der Waals surface area (Å²) in [4.78, 5) is 24.9. The Balaban J connectivity index is 1.93. The molecule has 0 saturated heterocycles. The summed E-state index contributed by atoms with van der Waals surface area (Å²) in [6.45, 7) is 31.6. The molecule has 3 rings (SSSR count). The first-order valence-corrected chi connectivity index (χ1v) is 22.5. The van der Waals surface area contributed by atoms with Crippen LogP contribution in [0.15, 0.2) is 35.5 Å². The van der Waals surface area contributed by atoms with Crippen LogP contribution in [0.25, 0.3) is 0 Å². The van der Waals surface area contributed by atoms with Crippen molar-refractivity contribution >= 4 is 39.3 Å². The van der Waals surface area contributed by atoms with E-state index in [1.807, 2.05) is 0 Å². The van der Waals surface area contributed by atoms with Crippen LogP contribution in [0.5, 0.6) is 0 Å². The first kappa shape index (κ1) is 34.8. The van der Waals surface area contributed by atoms with Gasteiger partial charge in [0.1, 0.15) is 5.78 Å². The Labute approximate surface area is 257 Å². The van der Waals surface area contributed by atoms with Gasteiger partial charge in [-0.15, -0.1) is 0 Å².